The zero-order chi connectivity index (χ0) is 13.8. The zero-order valence-electron chi connectivity index (χ0n) is 11.0. The Kier molecular flexibility index (Phi) is 3.74. The van der Waals surface area contributed by atoms with Gasteiger partial charge in [0.1, 0.15) is 0 Å². The van der Waals surface area contributed by atoms with E-state index in [1.165, 1.54) is 6.20 Å². The first kappa shape index (κ1) is 13.0. The van der Waals surface area contributed by atoms with Crippen molar-refractivity contribution >= 4 is 5.91 Å². The van der Waals surface area contributed by atoms with Gasteiger partial charge < -0.3 is 10.1 Å². The maximum atomic E-state index is 11.6. The summed E-state index contributed by atoms with van der Waals surface area (Å²) >= 11 is 0. The number of ether oxygens (including phenoxy) is 1. The minimum Gasteiger partial charge on any atom is -0.477 e. The fraction of sp³-hybridized carbons (Fsp3) is 0.333. The van der Waals surface area contributed by atoms with Gasteiger partial charge in [0.25, 0.3) is 5.91 Å². The molecule has 0 radical (unpaired) electrons. The molecule has 0 unspecified atom stereocenters. The molecular formula is C12H15N5O2. The van der Waals surface area contributed by atoms with Crippen molar-refractivity contribution in [1.82, 2.24) is 25.3 Å². The molecule has 2 heterocycles. The normalized spacial score (nSPS) is 10.3. The Bertz CT molecular complexity index is 576. The Morgan fingerprint density at radius 2 is 2.21 bits per heavy atom. The number of nitrogens with one attached hydrogen (secondary N) is 1. The second-order valence-corrected chi connectivity index (χ2v) is 3.80. The van der Waals surface area contributed by atoms with Crippen LogP contribution in [0.15, 0.2) is 18.3 Å². The van der Waals surface area contributed by atoms with Crippen LogP contribution in [0.3, 0.4) is 0 Å². The third-order valence-corrected chi connectivity index (χ3v) is 2.62. The zero-order valence-corrected chi connectivity index (χ0v) is 11.0. The minimum absolute atomic E-state index is 0.178. The van der Waals surface area contributed by atoms with Crippen molar-refractivity contribution in [2.45, 2.75) is 13.8 Å². The van der Waals surface area contributed by atoms with Crippen LogP contribution in [0.1, 0.15) is 23.0 Å². The third kappa shape index (κ3) is 2.54. The van der Waals surface area contributed by atoms with Crippen molar-refractivity contribution in [3.8, 4) is 11.7 Å². The fourth-order valence-corrected chi connectivity index (χ4v) is 1.65. The molecule has 0 aliphatic carbocycles. The van der Waals surface area contributed by atoms with Gasteiger partial charge >= 0.3 is 0 Å². The van der Waals surface area contributed by atoms with Crippen molar-refractivity contribution in [3.05, 3.63) is 29.6 Å². The monoisotopic (exact) mass is 261 g/mol. The first-order valence-corrected chi connectivity index (χ1v) is 5.91. The topological polar surface area (TPSA) is 81.9 Å². The van der Waals surface area contributed by atoms with Gasteiger partial charge in [0, 0.05) is 13.1 Å². The molecule has 0 aromatic carbocycles. The van der Waals surface area contributed by atoms with Crippen LogP contribution in [-0.4, -0.2) is 39.5 Å². The van der Waals surface area contributed by atoms with Crippen LogP contribution in [0.4, 0.5) is 0 Å². The Labute approximate surface area is 110 Å². The molecule has 1 N–H and O–H groups in total. The summed E-state index contributed by atoms with van der Waals surface area (Å²) in [4.78, 5) is 11.6. The number of carbonyl (C=O) groups excluding carboxylic acids is 1. The molecule has 2 aromatic heterocycles. The molecule has 7 nitrogen and oxygen atoms in total. The van der Waals surface area contributed by atoms with Crippen molar-refractivity contribution < 1.29 is 9.53 Å². The molecule has 0 saturated carbocycles. The summed E-state index contributed by atoms with van der Waals surface area (Å²) in [6, 6.07) is 3.46. The Hall–Kier alpha value is -2.44. The van der Waals surface area contributed by atoms with Gasteiger partial charge in [-0.3, -0.25) is 4.79 Å². The van der Waals surface area contributed by atoms with Gasteiger partial charge in [-0.15, -0.1) is 10.2 Å². The second-order valence-electron chi connectivity index (χ2n) is 3.80. The van der Waals surface area contributed by atoms with E-state index < -0.39 is 0 Å². The predicted octanol–water partition coefficient (Wildman–Crippen LogP) is 0.729. The van der Waals surface area contributed by atoms with E-state index in [0.717, 1.165) is 0 Å². The Balaban J connectivity index is 2.32. The maximum Gasteiger partial charge on any atom is 0.254 e. The van der Waals surface area contributed by atoms with Crippen LogP contribution in [0, 0.1) is 6.92 Å². The predicted molar refractivity (Wildman–Crippen MR) is 68.5 cm³/mol. The van der Waals surface area contributed by atoms with Gasteiger partial charge in [-0.1, -0.05) is 0 Å². The van der Waals surface area contributed by atoms with Gasteiger partial charge in [-0.25, -0.2) is 4.68 Å². The molecule has 0 aliphatic heterocycles. The molecule has 0 aliphatic rings. The van der Waals surface area contributed by atoms with Crippen molar-refractivity contribution in [2.75, 3.05) is 13.7 Å². The molecule has 2 rings (SSSR count). The van der Waals surface area contributed by atoms with Crippen molar-refractivity contribution in [1.29, 1.82) is 0 Å². The SMILES string of the molecule is CCOc1ccc(-n2ncc(C(=O)NC)c2C)nn1. The van der Waals surface area contributed by atoms with Crippen LogP contribution >= 0.6 is 0 Å². The number of hydrogen-bond donors (Lipinski definition) is 1. The smallest absolute Gasteiger partial charge is 0.254 e. The molecular weight excluding hydrogens is 246 g/mol. The molecule has 1 amide bonds. The molecule has 0 bridgehead atoms. The highest BCUT2D eigenvalue weighted by Crippen LogP contribution is 2.13. The summed E-state index contributed by atoms with van der Waals surface area (Å²) in [5.41, 5.74) is 1.22. The summed E-state index contributed by atoms with van der Waals surface area (Å²) in [5, 5.41) is 14.7. The molecule has 0 fully saturated rings. The van der Waals surface area contributed by atoms with Gasteiger partial charge in [0.2, 0.25) is 5.88 Å². The van der Waals surface area contributed by atoms with Crippen LogP contribution in [0.5, 0.6) is 5.88 Å². The first-order valence-electron chi connectivity index (χ1n) is 5.91. The highest BCUT2D eigenvalue weighted by molar-refractivity contribution is 5.94. The van der Waals surface area contributed by atoms with Crippen molar-refractivity contribution in [2.24, 2.45) is 0 Å². The molecule has 7 heteroatoms. The molecule has 0 spiro atoms. The van der Waals surface area contributed by atoms with E-state index in [0.29, 0.717) is 29.6 Å². The lowest BCUT2D eigenvalue weighted by molar-refractivity contribution is 0.0962. The van der Waals surface area contributed by atoms with Gasteiger partial charge in [0.15, 0.2) is 5.82 Å². The number of hydrogen-bond acceptors (Lipinski definition) is 5. The first-order chi connectivity index (χ1) is 9.17. The van der Waals surface area contributed by atoms with E-state index in [2.05, 4.69) is 20.6 Å². The Morgan fingerprint density at radius 1 is 1.42 bits per heavy atom. The molecule has 0 atom stereocenters. The summed E-state index contributed by atoms with van der Waals surface area (Å²) in [7, 11) is 1.58. The van der Waals surface area contributed by atoms with Gasteiger partial charge in [-0.05, 0) is 19.9 Å². The van der Waals surface area contributed by atoms with Crippen LogP contribution in [0.25, 0.3) is 5.82 Å². The number of carbonyl (C=O) groups is 1. The van der Waals surface area contributed by atoms with Crippen LogP contribution in [0.2, 0.25) is 0 Å². The molecule has 100 valence electrons. The number of aromatic nitrogens is 4. The quantitative estimate of drug-likeness (QED) is 0.877. The lowest BCUT2D eigenvalue weighted by atomic mass is 10.2. The molecule has 0 saturated heterocycles. The number of nitrogens with zero attached hydrogens (tertiary/aromatic N) is 4. The van der Waals surface area contributed by atoms with E-state index >= 15 is 0 Å². The van der Waals surface area contributed by atoms with E-state index in [4.69, 9.17) is 4.74 Å². The highest BCUT2D eigenvalue weighted by atomic mass is 16.5. The van der Waals surface area contributed by atoms with E-state index in [1.807, 2.05) is 6.92 Å². The fourth-order valence-electron chi connectivity index (χ4n) is 1.65. The molecule has 2 aromatic rings. The van der Waals surface area contributed by atoms with Gasteiger partial charge in [-0.2, -0.15) is 5.10 Å². The van der Waals surface area contributed by atoms with Gasteiger partial charge in [0.05, 0.1) is 24.1 Å². The Morgan fingerprint density at radius 3 is 2.79 bits per heavy atom. The summed E-state index contributed by atoms with van der Waals surface area (Å²) < 4.78 is 6.78. The summed E-state index contributed by atoms with van der Waals surface area (Å²) in [6.45, 7) is 4.22. The average molecular weight is 261 g/mol. The number of amides is 1. The number of rotatable bonds is 4. The van der Waals surface area contributed by atoms with E-state index in [9.17, 15) is 4.79 Å². The second kappa shape index (κ2) is 5.47. The minimum atomic E-state index is -0.178. The van der Waals surface area contributed by atoms with Crippen LogP contribution < -0.4 is 10.1 Å². The lowest BCUT2D eigenvalue weighted by Gasteiger charge is -2.05. The largest absolute Gasteiger partial charge is 0.477 e. The van der Waals surface area contributed by atoms with E-state index in [1.54, 1.807) is 30.8 Å². The van der Waals surface area contributed by atoms with E-state index in [-0.39, 0.29) is 5.91 Å². The lowest BCUT2D eigenvalue weighted by Crippen LogP contribution is -2.18. The summed E-state index contributed by atoms with van der Waals surface area (Å²) in [5.74, 6) is 0.821. The van der Waals surface area contributed by atoms with Crippen molar-refractivity contribution in [3.63, 3.8) is 0 Å². The maximum absolute atomic E-state index is 11.6. The average Bonchev–Trinajstić information content (AvgIpc) is 2.81. The van der Waals surface area contributed by atoms with Crippen LogP contribution in [-0.2, 0) is 0 Å². The highest BCUT2D eigenvalue weighted by Gasteiger charge is 2.14. The summed E-state index contributed by atoms with van der Waals surface area (Å²) in [6.07, 6.45) is 1.51. The molecule has 19 heavy (non-hydrogen) atoms. The third-order valence-electron chi connectivity index (χ3n) is 2.62. The standard InChI is InChI=1S/C12H15N5O2/c1-4-19-11-6-5-10(15-16-11)17-8(2)9(7-14-17)12(18)13-3/h5-7H,4H2,1-3H3,(H,13,18).